The van der Waals surface area contributed by atoms with E-state index in [0.29, 0.717) is 6.54 Å². The molecule has 0 fully saturated rings. The predicted octanol–water partition coefficient (Wildman–Crippen LogP) is 2.44. The highest BCUT2D eigenvalue weighted by atomic mass is 79.9. The number of amides is 1. The highest BCUT2D eigenvalue weighted by Gasteiger charge is 2.10. The Morgan fingerprint density at radius 1 is 1.22 bits per heavy atom. The summed E-state index contributed by atoms with van der Waals surface area (Å²) in [6.07, 6.45) is 3.63. The summed E-state index contributed by atoms with van der Waals surface area (Å²) in [6.45, 7) is 0.800. The first-order valence-corrected chi connectivity index (χ1v) is 6.82. The van der Waals surface area contributed by atoms with Gasteiger partial charge in [-0.1, -0.05) is 28.8 Å². The summed E-state index contributed by atoms with van der Waals surface area (Å²) < 4.78 is 0.758. The third-order valence-corrected chi connectivity index (χ3v) is 3.07. The van der Waals surface area contributed by atoms with Gasteiger partial charge in [0.2, 0.25) is 0 Å². The molecule has 100 valence electrons. The van der Waals surface area contributed by atoms with Gasteiger partial charge < -0.3 is 15.5 Å². The minimum Gasteiger partial charge on any atom is -0.507 e. The van der Waals surface area contributed by atoms with Gasteiger partial charge in [-0.05, 0) is 31.0 Å². The molecule has 1 amide bonds. The maximum atomic E-state index is 11.8. The number of aliphatic hydroxyl groups excluding tert-OH is 1. The Morgan fingerprint density at radius 3 is 2.67 bits per heavy atom. The van der Waals surface area contributed by atoms with E-state index >= 15 is 0 Å². The predicted molar refractivity (Wildman–Crippen MR) is 73.7 cm³/mol. The van der Waals surface area contributed by atoms with Crippen molar-refractivity contribution in [1.29, 1.82) is 0 Å². The van der Waals surface area contributed by atoms with Crippen LogP contribution in [0.1, 0.15) is 36.0 Å². The number of carbonyl (C=O) groups is 1. The van der Waals surface area contributed by atoms with E-state index in [9.17, 15) is 9.90 Å². The molecule has 4 nitrogen and oxygen atoms in total. The van der Waals surface area contributed by atoms with Crippen molar-refractivity contribution in [2.24, 2.45) is 0 Å². The minimum atomic E-state index is -0.268. The number of phenolic OH excluding ortho intramolecular Hbond substituents is 1. The van der Waals surface area contributed by atoms with Crippen LogP contribution in [0.5, 0.6) is 5.75 Å². The standard InChI is InChI=1S/C13H18BrNO3/c14-10-5-6-12(17)11(9-10)13(18)15-7-3-1-2-4-8-16/h5-6,9,16-17H,1-4,7-8H2,(H,15,18). The number of nitrogens with one attached hydrogen (secondary N) is 1. The lowest BCUT2D eigenvalue weighted by atomic mass is 10.1. The first-order valence-electron chi connectivity index (χ1n) is 6.02. The summed E-state index contributed by atoms with van der Waals surface area (Å²) in [6, 6.07) is 4.76. The van der Waals surface area contributed by atoms with Crippen molar-refractivity contribution in [2.45, 2.75) is 25.7 Å². The first-order chi connectivity index (χ1) is 8.65. The average Bonchev–Trinajstić information content (AvgIpc) is 2.36. The molecule has 0 aromatic heterocycles. The smallest absolute Gasteiger partial charge is 0.255 e. The summed E-state index contributed by atoms with van der Waals surface area (Å²) >= 11 is 3.26. The lowest BCUT2D eigenvalue weighted by molar-refractivity contribution is 0.0950. The molecule has 0 aliphatic rings. The molecular weight excluding hydrogens is 298 g/mol. The van der Waals surface area contributed by atoms with Gasteiger partial charge >= 0.3 is 0 Å². The van der Waals surface area contributed by atoms with Crippen LogP contribution in [0.15, 0.2) is 22.7 Å². The molecule has 0 aliphatic carbocycles. The Hall–Kier alpha value is -1.07. The average molecular weight is 316 g/mol. The largest absolute Gasteiger partial charge is 0.507 e. The van der Waals surface area contributed by atoms with E-state index in [1.165, 1.54) is 6.07 Å². The molecule has 0 atom stereocenters. The molecule has 0 aliphatic heterocycles. The Labute approximate surface area is 115 Å². The molecule has 0 spiro atoms. The number of carbonyl (C=O) groups excluding carboxylic acids is 1. The van der Waals surface area contributed by atoms with Gasteiger partial charge in [-0.2, -0.15) is 0 Å². The molecule has 3 N–H and O–H groups in total. The number of hydrogen-bond donors (Lipinski definition) is 3. The third-order valence-electron chi connectivity index (χ3n) is 2.57. The second kappa shape index (κ2) is 8.11. The van der Waals surface area contributed by atoms with Crippen LogP contribution in [-0.2, 0) is 0 Å². The van der Waals surface area contributed by atoms with Crippen LogP contribution in [0.3, 0.4) is 0 Å². The summed E-state index contributed by atoms with van der Waals surface area (Å²) in [5.74, 6) is -0.285. The van der Waals surface area contributed by atoms with Gasteiger partial charge in [-0.25, -0.2) is 0 Å². The normalized spacial score (nSPS) is 10.3. The first kappa shape index (κ1) is 15.0. The van der Waals surface area contributed by atoms with Gasteiger partial charge in [-0.15, -0.1) is 0 Å². The number of halogens is 1. The van der Waals surface area contributed by atoms with Crippen molar-refractivity contribution in [3.8, 4) is 5.75 Å². The van der Waals surface area contributed by atoms with Crippen molar-refractivity contribution < 1.29 is 15.0 Å². The monoisotopic (exact) mass is 315 g/mol. The lowest BCUT2D eigenvalue weighted by Crippen LogP contribution is -2.24. The van der Waals surface area contributed by atoms with Crippen LogP contribution in [0.2, 0.25) is 0 Å². The molecular formula is C13H18BrNO3. The van der Waals surface area contributed by atoms with Gasteiger partial charge in [-0.3, -0.25) is 4.79 Å². The zero-order valence-electron chi connectivity index (χ0n) is 10.2. The summed E-state index contributed by atoms with van der Waals surface area (Å²) in [5.41, 5.74) is 0.278. The van der Waals surface area contributed by atoms with E-state index in [4.69, 9.17) is 5.11 Å². The van der Waals surface area contributed by atoms with Crippen molar-refractivity contribution in [2.75, 3.05) is 13.2 Å². The third kappa shape index (κ3) is 5.06. The van der Waals surface area contributed by atoms with Gasteiger partial charge in [0.05, 0.1) is 5.56 Å². The van der Waals surface area contributed by atoms with Crippen molar-refractivity contribution in [3.63, 3.8) is 0 Å². The van der Waals surface area contributed by atoms with Crippen LogP contribution in [0, 0.1) is 0 Å². The van der Waals surface area contributed by atoms with E-state index in [2.05, 4.69) is 21.2 Å². The summed E-state index contributed by atoms with van der Waals surface area (Å²) in [4.78, 5) is 11.8. The molecule has 5 heteroatoms. The minimum absolute atomic E-state index is 0.0176. The lowest BCUT2D eigenvalue weighted by Gasteiger charge is -2.07. The Morgan fingerprint density at radius 2 is 1.94 bits per heavy atom. The van der Waals surface area contributed by atoms with E-state index in [1.54, 1.807) is 12.1 Å². The molecule has 0 heterocycles. The SMILES string of the molecule is O=C(NCCCCCCO)c1cc(Br)ccc1O. The molecule has 0 unspecified atom stereocenters. The Kier molecular flexibility index (Phi) is 6.75. The molecule has 0 bridgehead atoms. The van der Waals surface area contributed by atoms with Crippen molar-refractivity contribution in [3.05, 3.63) is 28.2 Å². The fraction of sp³-hybridized carbons (Fsp3) is 0.462. The fourth-order valence-electron chi connectivity index (χ4n) is 1.58. The number of aromatic hydroxyl groups is 1. The second-order valence-electron chi connectivity index (χ2n) is 4.06. The van der Waals surface area contributed by atoms with Crippen LogP contribution in [0.4, 0.5) is 0 Å². The maximum absolute atomic E-state index is 11.8. The molecule has 0 saturated carbocycles. The highest BCUT2D eigenvalue weighted by molar-refractivity contribution is 9.10. The van der Waals surface area contributed by atoms with Crippen LogP contribution in [-0.4, -0.2) is 29.3 Å². The van der Waals surface area contributed by atoms with Gasteiger partial charge in [0, 0.05) is 17.6 Å². The summed E-state index contributed by atoms with van der Waals surface area (Å²) in [5, 5.41) is 20.9. The van der Waals surface area contributed by atoms with Gasteiger partial charge in [0.15, 0.2) is 0 Å². The van der Waals surface area contributed by atoms with E-state index in [0.717, 1.165) is 30.2 Å². The zero-order chi connectivity index (χ0) is 13.4. The zero-order valence-corrected chi connectivity index (χ0v) is 11.7. The number of hydrogen-bond acceptors (Lipinski definition) is 3. The fourth-order valence-corrected chi connectivity index (χ4v) is 1.94. The van der Waals surface area contributed by atoms with E-state index < -0.39 is 0 Å². The maximum Gasteiger partial charge on any atom is 0.255 e. The van der Waals surface area contributed by atoms with Crippen molar-refractivity contribution in [1.82, 2.24) is 5.32 Å². The van der Waals surface area contributed by atoms with Crippen molar-refractivity contribution >= 4 is 21.8 Å². The molecule has 0 radical (unpaired) electrons. The van der Waals surface area contributed by atoms with E-state index in [-0.39, 0.29) is 23.8 Å². The Balaban J connectivity index is 2.34. The second-order valence-corrected chi connectivity index (χ2v) is 4.97. The molecule has 18 heavy (non-hydrogen) atoms. The number of phenols is 1. The van der Waals surface area contributed by atoms with E-state index in [1.807, 2.05) is 0 Å². The highest BCUT2D eigenvalue weighted by Crippen LogP contribution is 2.21. The molecule has 1 rings (SSSR count). The number of aliphatic hydroxyl groups is 1. The van der Waals surface area contributed by atoms with Crippen LogP contribution < -0.4 is 5.32 Å². The van der Waals surface area contributed by atoms with Gasteiger partial charge in [0.1, 0.15) is 5.75 Å². The quantitative estimate of drug-likeness (QED) is 0.677. The number of rotatable bonds is 7. The number of unbranched alkanes of at least 4 members (excludes halogenated alkanes) is 3. The molecule has 1 aromatic carbocycles. The summed E-state index contributed by atoms with van der Waals surface area (Å²) in [7, 11) is 0. The van der Waals surface area contributed by atoms with Gasteiger partial charge in [0.25, 0.3) is 5.91 Å². The molecule has 1 aromatic rings. The number of benzene rings is 1. The topological polar surface area (TPSA) is 69.6 Å². The molecule has 0 saturated heterocycles. The van der Waals surface area contributed by atoms with Crippen LogP contribution >= 0.6 is 15.9 Å². The Bertz CT molecular complexity index is 396. The van der Waals surface area contributed by atoms with Crippen LogP contribution in [0.25, 0.3) is 0 Å².